The van der Waals surface area contributed by atoms with Gasteiger partial charge in [-0.2, -0.15) is 5.10 Å². The molecular weight excluding hydrogens is 342 g/mol. The third-order valence-electron chi connectivity index (χ3n) is 5.21. The molecule has 2 aliphatic rings. The largest absolute Gasteiger partial charge is 0.368 e. The molecule has 0 bridgehead atoms. The summed E-state index contributed by atoms with van der Waals surface area (Å²) in [6.07, 6.45) is 7.64. The molecule has 0 spiro atoms. The van der Waals surface area contributed by atoms with E-state index in [0.29, 0.717) is 12.4 Å². The van der Waals surface area contributed by atoms with Gasteiger partial charge in [0.25, 0.3) is 11.7 Å². The van der Waals surface area contributed by atoms with E-state index in [2.05, 4.69) is 20.4 Å². The van der Waals surface area contributed by atoms with Gasteiger partial charge in [0.1, 0.15) is 6.10 Å². The van der Waals surface area contributed by atoms with E-state index in [9.17, 15) is 4.79 Å². The zero-order valence-electron chi connectivity index (χ0n) is 15.0. The van der Waals surface area contributed by atoms with E-state index in [-0.39, 0.29) is 12.0 Å². The van der Waals surface area contributed by atoms with Gasteiger partial charge in [0, 0.05) is 17.9 Å². The average molecular weight is 363 g/mol. The summed E-state index contributed by atoms with van der Waals surface area (Å²) in [6.45, 7) is 0.663. The van der Waals surface area contributed by atoms with Crippen molar-refractivity contribution in [3.8, 4) is 11.3 Å². The fourth-order valence-electron chi connectivity index (χ4n) is 3.73. The molecule has 0 radical (unpaired) electrons. The number of amides is 1. The Morgan fingerprint density at radius 2 is 1.89 bits per heavy atom. The first-order valence-corrected chi connectivity index (χ1v) is 9.54. The maximum atomic E-state index is 12.1. The minimum atomic E-state index is -0.328. The van der Waals surface area contributed by atoms with Crippen LogP contribution in [0.4, 0.5) is 5.69 Å². The highest BCUT2D eigenvalue weighted by molar-refractivity contribution is 5.94. The van der Waals surface area contributed by atoms with Crippen molar-refractivity contribution >= 4 is 17.4 Å². The number of rotatable bonds is 3. The number of hydrogen-bond donors (Lipinski definition) is 1. The van der Waals surface area contributed by atoms with Crippen LogP contribution in [0.25, 0.3) is 17.0 Å². The highest BCUT2D eigenvalue weighted by Crippen LogP contribution is 2.23. The van der Waals surface area contributed by atoms with Crippen LogP contribution >= 0.6 is 0 Å². The van der Waals surface area contributed by atoms with E-state index < -0.39 is 0 Å². The smallest absolute Gasteiger partial charge is 0.253 e. The first-order valence-electron chi connectivity index (χ1n) is 9.54. The number of benzene rings is 1. The highest BCUT2D eigenvalue weighted by atomic mass is 16.5. The lowest BCUT2D eigenvalue weighted by atomic mass is 10.0. The maximum absolute atomic E-state index is 12.1. The number of carbonyl (C=O) groups excluding carboxylic acids is 1. The number of nitrogens with zero attached hydrogens (tertiary/aromatic N) is 4. The van der Waals surface area contributed by atoms with Crippen LogP contribution in [0.3, 0.4) is 0 Å². The summed E-state index contributed by atoms with van der Waals surface area (Å²) in [5.41, 5.74) is 4.72. The summed E-state index contributed by atoms with van der Waals surface area (Å²) in [7, 11) is 0. The molecule has 7 heteroatoms. The molecule has 0 saturated carbocycles. The van der Waals surface area contributed by atoms with Crippen LogP contribution in [0.5, 0.6) is 0 Å². The molecule has 138 valence electrons. The maximum Gasteiger partial charge on any atom is 0.253 e. The molecule has 1 atom stereocenters. The van der Waals surface area contributed by atoms with Crippen LogP contribution in [0.2, 0.25) is 0 Å². The monoisotopic (exact) mass is 363 g/mol. The van der Waals surface area contributed by atoms with Crippen molar-refractivity contribution < 1.29 is 9.53 Å². The number of aromatic nitrogens is 4. The average Bonchev–Trinajstić information content (AvgIpc) is 3.36. The van der Waals surface area contributed by atoms with Crippen LogP contribution in [0.1, 0.15) is 37.1 Å². The van der Waals surface area contributed by atoms with Crippen molar-refractivity contribution in [3.63, 3.8) is 0 Å². The van der Waals surface area contributed by atoms with Gasteiger partial charge in [0.05, 0.1) is 23.3 Å². The Morgan fingerprint density at radius 1 is 1.07 bits per heavy atom. The summed E-state index contributed by atoms with van der Waals surface area (Å²) >= 11 is 0. The summed E-state index contributed by atoms with van der Waals surface area (Å²) in [6, 6.07) is 7.68. The van der Waals surface area contributed by atoms with Crippen molar-refractivity contribution in [1.29, 1.82) is 0 Å². The topological polar surface area (TPSA) is 81.4 Å². The number of ether oxygens (including phenoxy) is 1. The quantitative estimate of drug-likeness (QED) is 0.774. The van der Waals surface area contributed by atoms with Crippen LogP contribution in [-0.2, 0) is 22.4 Å². The number of fused-ring (bicyclic) bond motifs is 2. The van der Waals surface area contributed by atoms with Crippen molar-refractivity contribution in [2.24, 2.45) is 0 Å². The number of aryl methyl sites for hydroxylation is 2. The molecular formula is C20H21N5O2. The van der Waals surface area contributed by atoms with Gasteiger partial charge in [0.2, 0.25) is 0 Å². The summed E-state index contributed by atoms with van der Waals surface area (Å²) < 4.78 is 7.19. The zero-order chi connectivity index (χ0) is 18.2. The van der Waals surface area contributed by atoms with Gasteiger partial charge in [-0.3, -0.25) is 4.79 Å². The second-order valence-corrected chi connectivity index (χ2v) is 7.15. The molecule has 5 rings (SSSR count). The van der Waals surface area contributed by atoms with E-state index in [1.807, 2.05) is 30.5 Å². The molecule has 27 heavy (non-hydrogen) atoms. The van der Waals surface area contributed by atoms with Gasteiger partial charge in [-0.15, -0.1) is 0 Å². The Balaban J connectivity index is 1.37. The van der Waals surface area contributed by atoms with E-state index >= 15 is 0 Å². The van der Waals surface area contributed by atoms with Crippen molar-refractivity contribution in [3.05, 3.63) is 41.9 Å². The molecule has 1 amide bonds. The molecule has 1 aromatic carbocycles. The second kappa shape index (κ2) is 6.74. The first-order chi connectivity index (χ1) is 13.3. The molecule has 1 aliphatic heterocycles. The predicted octanol–water partition coefficient (Wildman–Crippen LogP) is 2.79. The molecule has 7 nitrogen and oxygen atoms in total. The Morgan fingerprint density at radius 3 is 2.67 bits per heavy atom. The summed E-state index contributed by atoms with van der Waals surface area (Å²) in [5.74, 6) is 0.563. The van der Waals surface area contributed by atoms with E-state index in [1.54, 1.807) is 4.52 Å². The lowest BCUT2D eigenvalue weighted by molar-refractivity contribution is -0.124. The molecule has 2 aromatic heterocycles. The number of imidazole rings is 1. The van der Waals surface area contributed by atoms with Crippen LogP contribution in [0, 0.1) is 0 Å². The van der Waals surface area contributed by atoms with Crippen LogP contribution < -0.4 is 5.32 Å². The SMILES string of the molecule is O=C(Nc1ccc(-c2cn3nc4c(nc3n2)CCCC4)cc1)C1CCCO1. The Labute approximate surface area is 156 Å². The third kappa shape index (κ3) is 3.19. The fraction of sp³-hybridized carbons (Fsp3) is 0.400. The second-order valence-electron chi connectivity index (χ2n) is 7.15. The normalized spacial score (nSPS) is 19.2. The Hall–Kier alpha value is -2.80. The Bertz CT molecular complexity index is 947. The number of nitrogens with one attached hydrogen (secondary N) is 1. The summed E-state index contributed by atoms with van der Waals surface area (Å²) in [5, 5.41) is 7.60. The van der Waals surface area contributed by atoms with Crippen molar-refractivity contribution in [2.45, 2.75) is 44.6 Å². The highest BCUT2D eigenvalue weighted by Gasteiger charge is 2.23. The van der Waals surface area contributed by atoms with E-state index in [0.717, 1.165) is 54.0 Å². The van der Waals surface area contributed by atoms with Crippen molar-refractivity contribution in [2.75, 3.05) is 11.9 Å². The summed E-state index contributed by atoms with van der Waals surface area (Å²) in [4.78, 5) is 21.5. The van der Waals surface area contributed by atoms with E-state index in [4.69, 9.17) is 4.74 Å². The standard InChI is InChI=1S/C20H21N5O2/c26-19(18-6-3-11-27-18)21-14-9-7-13(8-10-14)17-12-25-20(23-17)22-15-4-1-2-5-16(15)24-25/h7-10,12,18H,1-6,11H2,(H,21,26). The molecule has 3 aromatic rings. The predicted molar refractivity (Wildman–Crippen MR) is 100 cm³/mol. The van der Waals surface area contributed by atoms with Crippen molar-refractivity contribution in [1.82, 2.24) is 19.6 Å². The first kappa shape index (κ1) is 16.4. The van der Waals surface area contributed by atoms with Gasteiger partial charge in [-0.25, -0.2) is 14.5 Å². The minimum Gasteiger partial charge on any atom is -0.368 e. The molecule has 1 N–H and O–H groups in total. The van der Waals surface area contributed by atoms with Gasteiger partial charge in [-0.1, -0.05) is 12.1 Å². The van der Waals surface area contributed by atoms with Gasteiger partial charge < -0.3 is 10.1 Å². The molecule has 3 heterocycles. The number of anilines is 1. The lowest BCUT2D eigenvalue weighted by Crippen LogP contribution is -2.26. The third-order valence-corrected chi connectivity index (χ3v) is 5.21. The molecule has 1 unspecified atom stereocenters. The van der Waals surface area contributed by atoms with Gasteiger partial charge in [0.15, 0.2) is 0 Å². The Kier molecular flexibility index (Phi) is 4.09. The zero-order valence-corrected chi connectivity index (χ0v) is 15.0. The molecule has 1 saturated heterocycles. The van der Waals surface area contributed by atoms with Gasteiger partial charge >= 0.3 is 0 Å². The number of carbonyl (C=O) groups is 1. The molecule has 1 aliphatic carbocycles. The van der Waals surface area contributed by atoms with Crippen LogP contribution in [-0.4, -0.2) is 38.2 Å². The molecule has 1 fully saturated rings. The van der Waals surface area contributed by atoms with Gasteiger partial charge in [-0.05, 0) is 50.7 Å². The van der Waals surface area contributed by atoms with Crippen LogP contribution in [0.15, 0.2) is 30.5 Å². The van der Waals surface area contributed by atoms with E-state index in [1.165, 1.54) is 12.8 Å². The minimum absolute atomic E-state index is 0.0769. The lowest BCUT2D eigenvalue weighted by Gasteiger charge is -2.12. The number of hydrogen-bond acceptors (Lipinski definition) is 5. The fourth-order valence-corrected chi connectivity index (χ4v) is 3.73.